The van der Waals surface area contributed by atoms with Crippen LogP contribution in [-0.2, 0) is 6.54 Å². The van der Waals surface area contributed by atoms with E-state index in [1.54, 1.807) is 11.3 Å². The van der Waals surface area contributed by atoms with Gasteiger partial charge in [0.15, 0.2) is 5.13 Å². The molecule has 1 aliphatic heterocycles. The average molecular weight is 313 g/mol. The molecule has 0 N–H and O–H groups in total. The average Bonchev–Trinajstić information content (AvgIpc) is 3.00. The number of thiazole rings is 1. The number of halogens is 1. The van der Waals surface area contributed by atoms with E-state index in [-0.39, 0.29) is 0 Å². The van der Waals surface area contributed by atoms with Gasteiger partial charge in [0.05, 0.1) is 17.2 Å². The first-order chi connectivity index (χ1) is 8.31. The highest BCUT2D eigenvalue weighted by Crippen LogP contribution is 2.26. The molecule has 0 aliphatic carbocycles. The van der Waals surface area contributed by atoms with Crippen molar-refractivity contribution in [1.82, 2.24) is 14.8 Å². The maximum atomic E-state index is 4.49. The van der Waals surface area contributed by atoms with Crippen molar-refractivity contribution >= 4 is 32.4 Å². The van der Waals surface area contributed by atoms with E-state index in [0.29, 0.717) is 0 Å². The van der Waals surface area contributed by atoms with Gasteiger partial charge in [-0.05, 0) is 28.8 Å². The van der Waals surface area contributed by atoms with Crippen molar-refractivity contribution in [3.05, 3.63) is 27.9 Å². The lowest BCUT2D eigenvalue weighted by atomic mass is 10.4. The highest BCUT2D eigenvalue weighted by molar-refractivity contribution is 9.10. The summed E-state index contributed by atoms with van der Waals surface area (Å²) in [5.74, 6) is 0. The minimum Gasteiger partial charge on any atom is -0.348 e. The Morgan fingerprint density at radius 3 is 2.82 bits per heavy atom. The first-order valence-corrected chi connectivity index (χ1v) is 7.30. The SMILES string of the molecule is Brc1cnn(Cc2cnc(N3CCCC3)s2)c1. The molecule has 6 heteroatoms. The van der Waals surface area contributed by atoms with Crippen molar-refractivity contribution < 1.29 is 0 Å². The van der Waals surface area contributed by atoms with Gasteiger partial charge in [-0.1, -0.05) is 11.3 Å². The molecule has 0 radical (unpaired) electrons. The summed E-state index contributed by atoms with van der Waals surface area (Å²) in [5, 5.41) is 5.41. The highest BCUT2D eigenvalue weighted by Gasteiger charge is 2.15. The number of nitrogens with zero attached hydrogens (tertiary/aromatic N) is 4. The summed E-state index contributed by atoms with van der Waals surface area (Å²) < 4.78 is 2.94. The van der Waals surface area contributed by atoms with E-state index < -0.39 is 0 Å². The van der Waals surface area contributed by atoms with Crippen LogP contribution in [0.2, 0.25) is 0 Å². The van der Waals surface area contributed by atoms with E-state index in [9.17, 15) is 0 Å². The lowest BCUT2D eigenvalue weighted by molar-refractivity contribution is 0.693. The van der Waals surface area contributed by atoms with Gasteiger partial charge in [-0.3, -0.25) is 4.68 Å². The molecule has 3 heterocycles. The number of hydrogen-bond donors (Lipinski definition) is 0. The van der Waals surface area contributed by atoms with E-state index >= 15 is 0 Å². The zero-order valence-corrected chi connectivity index (χ0v) is 11.7. The molecule has 3 rings (SSSR count). The molecular formula is C11H13BrN4S. The first kappa shape index (κ1) is 11.2. The van der Waals surface area contributed by atoms with E-state index in [1.807, 2.05) is 23.3 Å². The molecule has 0 unspecified atom stereocenters. The van der Waals surface area contributed by atoms with Gasteiger partial charge in [0, 0.05) is 30.4 Å². The molecule has 0 bridgehead atoms. The van der Waals surface area contributed by atoms with Crippen molar-refractivity contribution in [2.75, 3.05) is 18.0 Å². The third-order valence-corrected chi connectivity index (χ3v) is 4.29. The first-order valence-electron chi connectivity index (χ1n) is 5.69. The molecule has 0 amide bonds. The molecule has 0 aromatic carbocycles. The maximum absolute atomic E-state index is 4.49. The summed E-state index contributed by atoms with van der Waals surface area (Å²) in [6.07, 6.45) is 8.34. The van der Waals surface area contributed by atoms with Crippen molar-refractivity contribution in [3.8, 4) is 0 Å². The van der Waals surface area contributed by atoms with Crippen molar-refractivity contribution in [1.29, 1.82) is 0 Å². The molecule has 17 heavy (non-hydrogen) atoms. The minimum atomic E-state index is 0.803. The number of hydrogen-bond acceptors (Lipinski definition) is 4. The molecule has 0 saturated carbocycles. The van der Waals surface area contributed by atoms with Crippen LogP contribution in [0.15, 0.2) is 23.1 Å². The van der Waals surface area contributed by atoms with Crippen LogP contribution >= 0.6 is 27.3 Å². The molecule has 90 valence electrons. The normalized spacial score (nSPS) is 15.7. The predicted octanol–water partition coefficient (Wildman–Crippen LogP) is 2.75. The second-order valence-corrected chi connectivity index (χ2v) is 6.17. The molecule has 4 nitrogen and oxygen atoms in total. The Kier molecular flexibility index (Phi) is 3.15. The van der Waals surface area contributed by atoms with Crippen LogP contribution in [0.25, 0.3) is 0 Å². The fraction of sp³-hybridized carbons (Fsp3) is 0.455. The Morgan fingerprint density at radius 1 is 1.29 bits per heavy atom. The predicted molar refractivity (Wildman–Crippen MR) is 72.6 cm³/mol. The zero-order valence-electron chi connectivity index (χ0n) is 9.34. The van der Waals surface area contributed by atoms with E-state index in [0.717, 1.165) is 29.2 Å². The molecule has 2 aromatic rings. The monoisotopic (exact) mass is 312 g/mol. The van der Waals surface area contributed by atoms with Crippen LogP contribution in [0.5, 0.6) is 0 Å². The van der Waals surface area contributed by atoms with E-state index in [1.165, 1.54) is 17.7 Å². The van der Waals surface area contributed by atoms with Gasteiger partial charge >= 0.3 is 0 Å². The maximum Gasteiger partial charge on any atom is 0.185 e. The lowest BCUT2D eigenvalue weighted by Crippen LogP contribution is -2.16. The molecule has 2 aromatic heterocycles. The Morgan fingerprint density at radius 2 is 2.12 bits per heavy atom. The van der Waals surface area contributed by atoms with Gasteiger partial charge in [0.25, 0.3) is 0 Å². The second kappa shape index (κ2) is 4.78. The molecular weight excluding hydrogens is 300 g/mol. The van der Waals surface area contributed by atoms with Crippen LogP contribution in [0.4, 0.5) is 5.13 Å². The van der Waals surface area contributed by atoms with Gasteiger partial charge in [-0.15, -0.1) is 0 Å². The fourth-order valence-corrected chi connectivity index (χ4v) is 3.29. The summed E-state index contributed by atoms with van der Waals surface area (Å²) in [6.45, 7) is 3.11. The fourth-order valence-electron chi connectivity index (χ4n) is 2.01. The summed E-state index contributed by atoms with van der Waals surface area (Å²) >= 11 is 5.17. The van der Waals surface area contributed by atoms with Crippen molar-refractivity contribution in [3.63, 3.8) is 0 Å². The lowest BCUT2D eigenvalue weighted by Gasteiger charge is -2.12. The summed E-state index contributed by atoms with van der Waals surface area (Å²) in [5.41, 5.74) is 0. The Labute approximate surface area is 112 Å². The van der Waals surface area contributed by atoms with Crippen molar-refractivity contribution in [2.45, 2.75) is 19.4 Å². The molecule has 0 spiro atoms. The Bertz CT molecular complexity index is 501. The zero-order chi connectivity index (χ0) is 11.7. The number of anilines is 1. The van der Waals surface area contributed by atoms with Gasteiger partial charge in [0.1, 0.15) is 0 Å². The topological polar surface area (TPSA) is 34.0 Å². The van der Waals surface area contributed by atoms with E-state index in [4.69, 9.17) is 0 Å². The van der Waals surface area contributed by atoms with Crippen LogP contribution in [0.1, 0.15) is 17.7 Å². The molecule has 1 aliphatic rings. The Hall–Kier alpha value is -0.880. The molecule has 1 fully saturated rings. The van der Waals surface area contributed by atoms with Gasteiger partial charge < -0.3 is 4.90 Å². The number of aromatic nitrogens is 3. The molecule has 0 atom stereocenters. The van der Waals surface area contributed by atoms with Crippen LogP contribution in [0.3, 0.4) is 0 Å². The molecule has 1 saturated heterocycles. The quantitative estimate of drug-likeness (QED) is 0.874. The standard InChI is InChI=1S/C11H13BrN4S/c12-9-5-14-16(7-9)8-10-6-13-11(17-10)15-3-1-2-4-15/h5-7H,1-4,8H2. The van der Waals surface area contributed by atoms with Crippen LogP contribution in [0, 0.1) is 0 Å². The summed E-state index contributed by atoms with van der Waals surface area (Å²) in [7, 11) is 0. The smallest absolute Gasteiger partial charge is 0.185 e. The Balaban J connectivity index is 1.71. The van der Waals surface area contributed by atoms with Crippen molar-refractivity contribution in [2.24, 2.45) is 0 Å². The van der Waals surface area contributed by atoms with Gasteiger partial charge in [-0.25, -0.2) is 4.98 Å². The number of rotatable bonds is 3. The summed E-state index contributed by atoms with van der Waals surface area (Å²) in [4.78, 5) is 8.11. The summed E-state index contributed by atoms with van der Waals surface area (Å²) in [6, 6.07) is 0. The third-order valence-electron chi connectivity index (χ3n) is 2.84. The van der Waals surface area contributed by atoms with E-state index in [2.05, 4.69) is 30.9 Å². The second-order valence-electron chi connectivity index (χ2n) is 4.16. The highest BCUT2D eigenvalue weighted by atomic mass is 79.9. The van der Waals surface area contributed by atoms with Crippen LogP contribution in [-0.4, -0.2) is 27.9 Å². The van der Waals surface area contributed by atoms with Gasteiger partial charge in [0.2, 0.25) is 0 Å². The minimum absolute atomic E-state index is 0.803. The van der Waals surface area contributed by atoms with Gasteiger partial charge in [-0.2, -0.15) is 5.10 Å². The van der Waals surface area contributed by atoms with Crippen LogP contribution < -0.4 is 4.90 Å². The third kappa shape index (κ3) is 2.52. The largest absolute Gasteiger partial charge is 0.348 e.